The number of likely N-dealkylation sites (tertiary alicyclic amines) is 1. The predicted molar refractivity (Wildman–Crippen MR) is 131 cm³/mol. The molecule has 1 fully saturated rings. The van der Waals surface area contributed by atoms with Gasteiger partial charge in [-0.05, 0) is 82.8 Å². The first-order valence-corrected chi connectivity index (χ1v) is 11.7. The number of pyridine rings is 1. The number of halogens is 2. The van der Waals surface area contributed by atoms with Crippen LogP contribution in [0.3, 0.4) is 0 Å². The fraction of sp³-hybridized carbons (Fsp3) is 0.500. The van der Waals surface area contributed by atoms with E-state index in [1.165, 1.54) is 11.4 Å². The van der Waals surface area contributed by atoms with E-state index in [-0.39, 0.29) is 5.41 Å². The summed E-state index contributed by atoms with van der Waals surface area (Å²) in [6, 6.07) is 10.1. The van der Waals surface area contributed by atoms with E-state index in [0.29, 0.717) is 11.7 Å². The molecule has 5 nitrogen and oxygen atoms in total. The van der Waals surface area contributed by atoms with E-state index < -0.39 is 0 Å². The maximum Gasteiger partial charge on any atom is 0.129 e. The molecule has 166 valence electrons. The first-order chi connectivity index (χ1) is 14.9. The Morgan fingerprint density at radius 2 is 1.94 bits per heavy atom. The number of fused-ring (bicyclic) bond motifs is 1. The van der Waals surface area contributed by atoms with Crippen LogP contribution in [0.5, 0.6) is 0 Å². The Morgan fingerprint density at radius 1 is 1.16 bits per heavy atom. The molecule has 0 aliphatic carbocycles. The zero-order chi connectivity index (χ0) is 22.0. The maximum atomic E-state index is 6.31. The Balaban J connectivity index is 1.77. The fourth-order valence-electron chi connectivity index (χ4n) is 4.72. The molecule has 1 aromatic carbocycles. The molecule has 1 spiro atoms. The van der Waals surface area contributed by atoms with Crippen LogP contribution < -0.4 is 4.90 Å². The minimum atomic E-state index is 0.0229. The molecular formula is C24H31Cl2N5. The largest absolute Gasteiger partial charge is 0.327 e. The Morgan fingerprint density at radius 3 is 2.65 bits per heavy atom. The van der Waals surface area contributed by atoms with E-state index in [1.807, 2.05) is 30.5 Å². The number of likely N-dealkylation sites (N-methyl/N-ethyl adjacent to an activating group) is 1. The normalized spacial score (nSPS) is 19.9. The molecule has 3 heterocycles. The van der Waals surface area contributed by atoms with Crippen LogP contribution in [-0.2, 0) is 13.0 Å². The van der Waals surface area contributed by atoms with Gasteiger partial charge in [0.2, 0.25) is 0 Å². The van der Waals surface area contributed by atoms with E-state index in [1.54, 1.807) is 0 Å². The summed E-state index contributed by atoms with van der Waals surface area (Å²) in [5, 5.41) is 1.32. The van der Waals surface area contributed by atoms with Crippen LogP contribution in [-0.4, -0.2) is 67.9 Å². The van der Waals surface area contributed by atoms with Crippen molar-refractivity contribution in [2.45, 2.75) is 25.8 Å². The highest BCUT2D eigenvalue weighted by atomic mass is 35.5. The van der Waals surface area contributed by atoms with Crippen molar-refractivity contribution in [3.8, 4) is 0 Å². The molecule has 0 atom stereocenters. The third kappa shape index (κ3) is 5.06. The molecule has 0 saturated carbocycles. The average molecular weight is 460 g/mol. The summed E-state index contributed by atoms with van der Waals surface area (Å²) in [6.07, 6.45) is 5.07. The molecule has 2 aliphatic heterocycles. The average Bonchev–Trinajstić information content (AvgIpc) is 2.73. The van der Waals surface area contributed by atoms with Gasteiger partial charge in [-0.3, -0.25) is 4.99 Å². The summed E-state index contributed by atoms with van der Waals surface area (Å²) in [7, 11) is 6.43. The lowest BCUT2D eigenvalue weighted by molar-refractivity contribution is 0.175. The molecule has 0 bridgehead atoms. The highest BCUT2D eigenvalue weighted by molar-refractivity contribution is 6.30. The molecule has 0 N–H and O–H groups in total. The Hall–Kier alpha value is -1.66. The first kappa shape index (κ1) is 22.5. The number of aliphatic imine (C=N–C) groups is 1. The number of anilines is 1. The summed E-state index contributed by atoms with van der Waals surface area (Å²) in [6.45, 7) is 4.59. The van der Waals surface area contributed by atoms with Gasteiger partial charge in [0.25, 0.3) is 0 Å². The topological polar surface area (TPSA) is 35.0 Å². The molecule has 0 amide bonds. The fourth-order valence-corrected chi connectivity index (χ4v) is 5.11. The summed E-state index contributed by atoms with van der Waals surface area (Å²) in [5.41, 5.74) is 3.58. The summed E-state index contributed by atoms with van der Waals surface area (Å²) in [4.78, 5) is 16.7. The first-order valence-electron chi connectivity index (χ1n) is 10.9. The smallest absolute Gasteiger partial charge is 0.129 e. The lowest BCUT2D eigenvalue weighted by atomic mass is 9.70. The molecule has 7 heteroatoms. The Bertz CT molecular complexity index is 951. The third-order valence-electron chi connectivity index (χ3n) is 6.50. The van der Waals surface area contributed by atoms with Gasteiger partial charge in [0.05, 0.1) is 18.4 Å². The Kier molecular flexibility index (Phi) is 6.87. The summed E-state index contributed by atoms with van der Waals surface area (Å²) < 4.78 is 0. The van der Waals surface area contributed by atoms with Crippen LogP contribution >= 0.6 is 23.2 Å². The van der Waals surface area contributed by atoms with E-state index in [0.717, 1.165) is 61.7 Å². The van der Waals surface area contributed by atoms with Gasteiger partial charge in [-0.15, -0.1) is 0 Å². The van der Waals surface area contributed by atoms with Gasteiger partial charge < -0.3 is 14.7 Å². The van der Waals surface area contributed by atoms with E-state index in [9.17, 15) is 0 Å². The van der Waals surface area contributed by atoms with Crippen molar-refractivity contribution in [2.75, 3.05) is 52.2 Å². The Labute approximate surface area is 195 Å². The van der Waals surface area contributed by atoms with Crippen molar-refractivity contribution in [2.24, 2.45) is 10.4 Å². The van der Waals surface area contributed by atoms with Crippen molar-refractivity contribution in [3.05, 3.63) is 57.8 Å². The van der Waals surface area contributed by atoms with Crippen molar-refractivity contribution in [3.63, 3.8) is 0 Å². The number of nitrogens with zero attached hydrogens (tertiary/aromatic N) is 5. The number of hydrogen-bond acceptors (Lipinski definition) is 4. The molecule has 0 radical (unpaired) electrons. The van der Waals surface area contributed by atoms with Gasteiger partial charge >= 0.3 is 0 Å². The lowest BCUT2D eigenvalue weighted by Gasteiger charge is -2.49. The van der Waals surface area contributed by atoms with Crippen LogP contribution in [0.2, 0.25) is 10.2 Å². The lowest BCUT2D eigenvalue weighted by Crippen LogP contribution is -2.55. The van der Waals surface area contributed by atoms with Crippen molar-refractivity contribution in [1.29, 1.82) is 0 Å². The van der Waals surface area contributed by atoms with Crippen LogP contribution in [0.15, 0.2) is 41.5 Å². The number of amidine groups is 1. The molecule has 0 unspecified atom stereocenters. The van der Waals surface area contributed by atoms with E-state index in [4.69, 9.17) is 28.2 Å². The highest BCUT2D eigenvalue weighted by Gasteiger charge is 2.45. The quantitative estimate of drug-likeness (QED) is 0.610. The number of rotatable bonds is 5. The highest BCUT2D eigenvalue weighted by Crippen LogP contribution is 2.45. The zero-order valence-electron chi connectivity index (χ0n) is 18.6. The van der Waals surface area contributed by atoms with Crippen LogP contribution in [0, 0.1) is 5.41 Å². The zero-order valence-corrected chi connectivity index (χ0v) is 20.1. The monoisotopic (exact) mass is 459 g/mol. The molecule has 4 rings (SSSR count). The van der Waals surface area contributed by atoms with Gasteiger partial charge in [0.15, 0.2) is 0 Å². The van der Waals surface area contributed by atoms with Gasteiger partial charge in [-0.25, -0.2) is 4.98 Å². The second-order valence-corrected chi connectivity index (χ2v) is 9.94. The van der Waals surface area contributed by atoms with Gasteiger partial charge in [-0.1, -0.05) is 35.3 Å². The number of piperidine rings is 1. The molecule has 31 heavy (non-hydrogen) atoms. The second-order valence-electron chi connectivity index (χ2n) is 9.12. The number of benzene rings is 1. The maximum absolute atomic E-state index is 6.31. The SMILES string of the molecule is CN(C)CCN1C(=NCc2cccc(Cl)c2)C2(CCN(C)CC2)Cc2cc(Cl)ncc21. The second kappa shape index (κ2) is 9.45. The van der Waals surface area contributed by atoms with Gasteiger partial charge in [0, 0.05) is 23.5 Å². The minimum Gasteiger partial charge on any atom is -0.327 e. The van der Waals surface area contributed by atoms with Gasteiger partial charge in [0.1, 0.15) is 11.0 Å². The van der Waals surface area contributed by atoms with Crippen LogP contribution in [0.4, 0.5) is 5.69 Å². The predicted octanol–water partition coefficient (Wildman–Crippen LogP) is 4.62. The molecule has 1 saturated heterocycles. The summed E-state index contributed by atoms with van der Waals surface area (Å²) >= 11 is 12.5. The number of aromatic nitrogens is 1. The van der Waals surface area contributed by atoms with Crippen molar-refractivity contribution < 1.29 is 0 Å². The number of hydrogen-bond donors (Lipinski definition) is 0. The van der Waals surface area contributed by atoms with E-state index in [2.05, 4.69) is 46.9 Å². The molecule has 1 aromatic heterocycles. The molecule has 2 aromatic rings. The van der Waals surface area contributed by atoms with E-state index >= 15 is 0 Å². The summed E-state index contributed by atoms with van der Waals surface area (Å²) in [5.74, 6) is 1.19. The third-order valence-corrected chi connectivity index (χ3v) is 6.94. The van der Waals surface area contributed by atoms with Crippen molar-refractivity contribution >= 4 is 34.7 Å². The molecular weight excluding hydrogens is 429 g/mol. The van der Waals surface area contributed by atoms with Crippen LogP contribution in [0.1, 0.15) is 24.0 Å². The van der Waals surface area contributed by atoms with Crippen LogP contribution in [0.25, 0.3) is 0 Å². The standard InChI is InChI=1S/C24H31Cl2N5/c1-29(2)11-12-31-21-17-27-22(26)14-19(21)15-24(7-9-30(3)10-8-24)23(31)28-16-18-5-4-6-20(25)13-18/h4-6,13-14,17H,7-12,15-16H2,1-3H3. The minimum absolute atomic E-state index is 0.0229. The van der Waals surface area contributed by atoms with Crippen molar-refractivity contribution in [1.82, 2.24) is 14.8 Å². The van der Waals surface area contributed by atoms with Gasteiger partial charge in [-0.2, -0.15) is 0 Å². The molecule has 2 aliphatic rings.